The molecule has 0 bridgehead atoms. The summed E-state index contributed by atoms with van der Waals surface area (Å²) in [6.07, 6.45) is 73.7. The molecule has 0 aromatic rings. The Labute approximate surface area is 405 Å². The molecule has 0 rings (SSSR count). The lowest BCUT2D eigenvalue weighted by Gasteiger charge is -2.20. The zero-order valence-corrected chi connectivity index (χ0v) is 42.8. The number of allylic oxidation sites excluding steroid dienone is 20. The van der Waals surface area contributed by atoms with Crippen LogP contribution in [0.3, 0.4) is 0 Å². The van der Waals surface area contributed by atoms with Crippen LogP contribution >= 0.6 is 7.82 Å². The van der Waals surface area contributed by atoms with Gasteiger partial charge in [-0.05, 0) is 103 Å². The second-order valence-corrected chi connectivity index (χ2v) is 18.1. The number of phosphoric acid groups is 1. The van der Waals surface area contributed by atoms with E-state index in [2.05, 4.69) is 135 Å². The number of esters is 1. The van der Waals surface area contributed by atoms with Crippen molar-refractivity contribution in [2.45, 2.75) is 200 Å². The van der Waals surface area contributed by atoms with Gasteiger partial charge in [0.1, 0.15) is 6.10 Å². The molecule has 66 heavy (non-hydrogen) atoms. The number of phosphoric ester groups is 1. The molecule has 376 valence electrons. The van der Waals surface area contributed by atoms with Crippen LogP contribution in [-0.2, 0) is 27.9 Å². The molecule has 2 unspecified atom stereocenters. The van der Waals surface area contributed by atoms with Crippen molar-refractivity contribution in [2.24, 2.45) is 5.73 Å². The summed E-state index contributed by atoms with van der Waals surface area (Å²) >= 11 is 0. The Morgan fingerprint density at radius 3 is 1.20 bits per heavy atom. The van der Waals surface area contributed by atoms with Gasteiger partial charge in [-0.1, -0.05) is 206 Å². The molecule has 0 aliphatic rings. The first kappa shape index (κ1) is 62.9. The van der Waals surface area contributed by atoms with E-state index in [1.54, 1.807) is 0 Å². The monoisotopic (exact) mass is 938 g/mol. The molecule has 0 heterocycles. The molecule has 8 nitrogen and oxygen atoms in total. The summed E-state index contributed by atoms with van der Waals surface area (Å²) in [5, 5.41) is 0. The first-order chi connectivity index (χ1) is 32.4. The molecule has 0 amide bonds. The van der Waals surface area contributed by atoms with Gasteiger partial charge >= 0.3 is 13.8 Å². The predicted octanol–water partition coefficient (Wildman–Crippen LogP) is 16.5. The van der Waals surface area contributed by atoms with Gasteiger partial charge in [0.25, 0.3) is 0 Å². The summed E-state index contributed by atoms with van der Waals surface area (Å²) in [6.45, 7) is 4.64. The average Bonchev–Trinajstić information content (AvgIpc) is 3.31. The topological polar surface area (TPSA) is 117 Å². The molecule has 0 fully saturated rings. The summed E-state index contributed by atoms with van der Waals surface area (Å²) in [6, 6.07) is 0. The van der Waals surface area contributed by atoms with Crippen LogP contribution in [0.4, 0.5) is 0 Å². The van der Waals surface area contributed by atoms with Gasteiger partial charge in [-0.2, -0.15) is 0 Å². The minimum atomic E-state index is -4.30. The third kappa shape index (κ3) is 51.9. The predicted molar refractivity (Wildman–Crippen MR) is 284 cm³/mol. The van der Waals surface area contributed by atoms with E-state index < -0.39 is 13.9 Å². The highest BCUT2D eigenvalue weighted by atomic mass is 31.2. The maximum atomic E-state index is 12.7. The normalized spacial score (nSPS) is 14.3. The largest absolute Gasteiger partial charge is 0.472 e. The maximum absolute atomic E-state index is 12.7. The third-order valence-electron chi connectivity index (χ3n) is 10.4. The lowest BCUT2D eigenvalue weighted by molar-refractivity contribution is -0.154. The Kier molecular flexibility index (Phi) is 50.4. The molecule has 0 aliphatic carbocycles. The highest BCUT2D eigenvalue weighted by Crippen LogP contribution is 2.43. The number of carbonyl (C=O) groups is 1. The molecule has 0 saturated heterocycles. The summed E-state index contributed by atoms with van der Waals surface area (Å²) in [7, 11) is -4.30. The number of hydrogen-bond donors (Lipinski definition) is 2. The smallest absolute Gasteiger partial charge is 0.457 e. The second kappa shape index (κ2) is 52.9. The van der Waals surface area contributed by atoms with Crippen LogP contribution in [0.15, 0.2) is 122 Å². The quantitative estimate of drug-likeness (QED) is 0.0268. The summed E-state index contributed by atoms with van der Waals surface area (Å²) < 4.78 is 33.6. The van der Waals surface area contributed by atoms with E-state index in [-0.39, 0.29) is 32.3 Å². The van der Waals surface area contributed by atoms with Crippen molar-refractivity contribution in [3.05, 3.63) is 122 Å². The van der Waals surface area contributed by atoms with Crippen molar-refractivity contribution >= 4 is 13.8 Å². The molecule has 2 atom stereocenters. The minimum absolute atomic E-state index is 0.0896. The summed E-state index contributed by atoms with van der Waals surface area (Å²) in [5.41, 5.74) is 5.39. The van der Waals surface area contributed by atoms with Crippen LogP contribution in [0.25, 0.3) is 0 Å². The van der Waals surface area contributed by atoms with E-state index in [9.17, 15) is 14.3 Å². The number of hydrogen-bond acceptors (Lipinski definition) is 7. The van der Waals surface area contributed by atoms with E-state index in [1.807, 2.05) is 0 Å². The molecule has 0 saturated carbocycles. The van der Waals surface area contributed by atoms with Crippen LogP contribution in [0.1, 0.15) is 194 Å². The molecule has 0 radical (unpaired) electrons. The molecule has 0 aliphatic heterocycles. The van der Waals surface area contributed by atoms with Gasteiger partial charge in [0.2, 0.25) is 0 Å². The fourth-order valence-corrected chi connectivity index (χ4v) is 7.40. The van der Waals surface area contributed by atoms with Crippen LogP contribution in [0.2, 0.25) is 0 Å². The standard InChI is InChI=1S/C57H96NO7P/c1-3-5-7-9-11-13-15-17-19-21-23-25-27-29-31-33-35-37-39-41-43-45-47-49-52-62-54-56(55-64-66(60,61)63-53-51-58)65-57(59)50-48-46-44-42-40-38-36-34-32-30-28-26-24-22-20-18-16-14-12-10-8-6-4-2/h5-8,11-14,17-20,23-26,29-32,56H,3-4,9-10,15-16,21-22,27-28,33-55,58H2,1-2H3,(H,60,61)/b7-5-,8-6-,13-11-,14-12-,19-17-,20-18-,25-23-,26-24-,31-29-,32-30-. The SMILES string of the molecule is CC/C=C\C/C=C\C/C=C\C/C=C\C/C=C\CCCCCCCCCCOCC(COP(=O)(O)OCCN)OC(=O)CCCCCCCCC/C=C\C/C=C\C/C=C\C/C=C\C/C=C\CC. The summed E-state index contributed by atoms with van der Waals surface area (Å²) in [5.74, 6) is -0.349. The lowest BCUT2D eigenvalue weighted by atomic mass is 10.1. The van der Waals surface area contributed by atoms with Gasteiger partial charge in [0, 0.05) is 19.6 Å². The van der Waals surface area contributed by atoms with Gasteiger partial charge in [0.15, 0.2) is 0 Å². The van der Waals surface area contributed by atoms with E-state index in [0.717, 1.165) is 122 Å². The molecule has 9 heteroatoms. The first-order valence-corrected chi connectivity index (χ1v) is 27.5. The van der Waals surface area contributed by atoms with Gasteiger partial charge in [-0.25, -0.2) is 4.57 Å². The van der Waals surface area contributed by atoms with E-state index in [4.69, 9.17) is 24.3 Å². The average molecular weight is 938 g/mol. The zero-order valence-electron chi connectivity index (χ0n) is 41.9. The van der Waals surface area contributed by atoms with Gasteiger partial charge in [-0.3, -0.25) is 13.8 Å². The fraction of sp³-hybridized carbons (Fsp3) is 0.632. The molecule has 0 aromatic heterocycles. The van der Waals surface area contributed by atoms with Crippen LogP contribution < -0.4 is 5.73 Å². The van der Waals surface area contributed by atoms with Gasteiger partial charge in [0.05, 0.1) is 19.8 Å². The highest BCUT2D eigenvalue weighted by molar-refractivity contribution is 7.47. The zero-order chi connectivity index (χ0) is 48.0. The minimum Gasteiger partial charge on any atom is -0.457 e. The molecule has 0 spiro atoms. The Bertz CT molecular complexity index is 1420. The Morgan fingerprint density at radius 1 is 0.455 bits per heavy atom. The van der Waals surface area contributed by atoms with Crippen LogP contribution in [-0.4, -0.2) is 49.9 Å². The summed E-state index contributed by atoms with van der Waals surface area (Å²) in [4.78, 5) is 22.6. The van der Waals surface area contributed by atoms with Crippen molar-refractivity contribution in [1.82, 2.24) is 0 Å². The highest BCUT2D eigenvalue weighted by Gasteiger charge is 2.25. The van der Waals surface area contributed by atoms with Gasteiger partial charge < -0.3 is 20.1 Å². The van der Waals surface area contributed by atoms with E-state index in [0.29, 0.717) is 13.0 Å². The molecule has 0 aromatic carbocycles. The lowest BCUT2D eigenvalue weighted by Crippen LogP contribution is -2.28. The van der Waals surface area contributed by atoms with Crippen molar-refractivity contribution in [3.63, 3.8) is 0 Å². The molecular formula is C57H96NO7P. The van der Waals surface area contributed by atoms with Crippen LogP contribution in [0, 0.1) is 0 Å². The number of ether oxygens (including phenoxy) is 2. The van der Waals surface area contributed by atoms with Crippen molar-refractivity contribution < 1.29 is 32.8 Å². The van der Waals surface area contributed by atoms with Crippen molar-refractivity contribution in [1.29, 1.82) is 0 Å². The second-order valence-electron chi connectivity index (χ2n) is 16.6. The first-order valence-electron chi connectivity index (χ1n) is 26.0. The number of nitrogens with two attached hydrogens (primary N) is 1. The number of unbranched alkanes of at least 4 members (excludes halogenated alkanes) is 15. The maximum Gasteiger partial charge on any atom is 0.472 e. The molecule has 3 N–H and O–H groups in total. The molecular weight excluding hydrogens is 842 g/mol. The van der Waals surface area contributed by atoms with Crippen molar-refractivity contribution in [2.75, 3.05) is 33.0 Å². The van der Waals surface area contributed by atoms with E-state index in [1.165, 1.54) is 51.4 Å². The number of carbonyl (C=O) groups excluding carboxylic acids is 1. The van der Waals surface area contributed by atoms with Crippen LogP contribution in [0.5, 0.6) is 0 Å². The fourth-order valence-electron chi connectivity index (χ4n) is 6.64. The third-order valence-corrected chi connectivity index (χ3v) is 11.4. The Morgan fingerprint density at radius 2 is 0.803 bits per heavy atom. The van der Waals surface area contributed by atoms with E-state index >= 15 is 0 Å². The number of rotatable bonds is 48. The Balaban J connectivity index is 4.03. The Hall–Kier alpha value is -3.10. The van der Waals surface area contributed by atoms with Gasteiger partial charge in [-0.15, -0.1) is 0 Å². The van der Waals surface area contributed by atoms with Crippen molar-refractivity contribution in [3.8, 4) is 0 Å².